The van der Waals surface area contributed by atoms with Crippen molar-refractivity contribution in [2.75, 3.05) is 56.6 Å². The number of rotatable bonds is 4. The fourth-order valence-corrected chi connectivity index (χ4v) is 2.27. The highest BCUT2D eigenvalue weighted by Gasteiger charge is 2.18. The normalized spacial score (nSPS) is 16.4. The summed E-state index contributed by atoms with van der Waals surface area (Å²) in [6.45, 7) is 4.49. The second-order valence-electron chi connectivity index (χ2n) is 4.84. The summed E-state index contributed by atoms with van der Waals surface area (Å²) < 4.78 is 0. The van der Waals surface area contributed by atoms with Crippen LogP contribution in [0.15, 0.2) is 12.3 Å². The second-order valence-corrected chi connectivity index (χ2v) is 5.36. The number of hydrogen-bond acceptors (Lipinski definition) is 6. The van der Waals surface area contributed by atoms with Gasteiger partial charge in [-0.3, -0.25) is 4.90 Å². The molecule has 0 bridgehead atoms. The van der Waals surface area contributed by atoms with Crippen LogP contribution in [0.5, 0.6) is 0 Å². The second kappa shape index (κ2) is 6.12. The van der Waals surface area contributed by atoms with E-state index in [0.29, 0.717) is 11.5 Å². The van der Waals surface area contributed by atoms with Gasteiger partial charge in [0.2, 0.25) is 5.95 Å². The Morgan fingerprint density at radius 1 is 1.37 bits per heavy atom. The van der Waals surface area contributed by atoms with Gasteiger partial charge in [-0.2, -0.15) is 4.98 Å². The van der Waals surface area contributed by atoms with Crippen LogP contribution in [0.25, 0.3) is 0 Å². The van der Waals surface area contributed by atoms with Gasteiger partial charge in [-0.15, -0.1) is 0 Å². The summed E-state index contributed by atoms with van der Waals surface area (Å²) in [5.74, 6) is 1.72. The maximum Gasteiger partial charge on any atom is 0.226 e. The van der Waals surface area contributed by atoms with Gasteiger partial charge in [0.15, 0.2) is 0 Å². The molecule has 6 nitrogen and oxygen atoms in total. The molecule has 1 aliphatic rings. The quantitative estimate of drug-likeness (QED) is 0.776. The van der Waals surface area contributed by atoms with Crippen molar-refractivity contribution in [3.63, 3.8) is 0 Å². The highest BCUT2D eigenvalue weighted by atomic mass is 32.1. The summed E-state index contributed by atoms with van der Waals surface area (Å²) in [6.07, 6.45) is 1.80. The molecule has 1 aromatic rings. The van der Waals surface area contributed by atoms with E-state index < -0.39 is 0 Å². The average Bonchev–Trinajstić information content (AvgIpc) is 2.39. The molecule has 0 aliphatic carbocycles. The first kappa shape index (κ1) is 14.0. The molecular formula is C12H20N6S. The molecule has 104 valence electrons. The Bertz CT molecular complexity index is 442. The molecule has 0 spiro atoms. The van der Waals surface area contributed by atoms with Crippen LogP contribution >= 0.6 is 12.2 Å². The van der Waals surface area contributed by atoms with E-state index >= 15 is 0 Å². The maximum atomic E-state index is 5.57. The predicted molar refractivity (Wildman–Crippen MR) is 81.8 cm³/mol. The predicted octanol–water partition coefficient (Wildman–Crippen LogP) is -0.0493. The van der Waals surface area contributed by atoms with Crippen molar-refractivity contribution in [1.29, 1.82) is 0 Å². The lowest BCUT2D eigenvalue weighted by Gasteiger charge is -2.35. The number of aromatic nitrogens is 2. The molecule has 0 aromatic carbocycles. The number of anilines is 2. The lowest BCUT2D eigenvalue weighted by molar-refractivity contribution is 0.291. The Labute approximate surface area is 119 Å². The molecule has 2 rings (SSSR count). The molecule has 1 saturated heterocycles. The third kappa shape index (κ3) is 3.74. The Balaban J connectivity index is 1.97. The zero-order valence-electron chi connectivity index (χ0n) is 11.4. The summed E-state index contributed by atoms with van der Waals surface area (Å²) in [6, 6.07) is 1.95. The Morgan fingerprint density at radius 3 is 2.63 bits per heavy atom. The fourth-order valence-electron chi connectivity index (χ4n) is 2.09. The molecule has 0 unspecified atom stereocenters. The van der Waals surface area contributed by atoms with Gasteiger partial charge < -0.3 is 15.5 Å². The van der Waals surface area contributed by atoms with Gasteiger partial charge in [0.05, 0.1) is 4.99 Å². The molecule has 1 aromatic heterocycles. The first-order chi connectivity index (χ1) is 9.06. The van der Waals surface area contributed by atoms with E-state index in [1.165, 1.54) is 0 Å². The van der Waals surface area contributed by atoms with Crippen LogP contribution in [-0.4, -0.2) is 66.7 Å². The van der Waals surface area contributed by atoms with Crippen LogP contribution in [0.1, 0.15) is 0 Å². The lowest BCUT2D eigenvalue weighted by Crippen LogP contribution is -2.48. The van der Waals surface area contributed by atoms with Crippen LogP contribution in [0.2, 0.25) is 0 Å². The zero-order valence-corrected chi connectivity index (χ0v) is 12.2. The van der Waals surface area contributed by atoms with E-state index in [1.807, 2.05) is 25.1 Å². The lowest BCUT2D eigenvalue weighted by atomic mass is 10.3. The fraction of sp³-hybridized carbons (Fsp3) is 0.583. The minimum absolute atomic E-state index is 0.561. The van der Waals surface area contributed by atoms with E-state index in [-0.39, 0.29) is 0 Å². The molecule has 0 saturated carbocycles. The van der Waals surface area contributed by atoms with Gasteiger partial charge in [-0.25, -0.2) is 4.98 Å². The summed E-state index contributed by atoms with van der Waals surface area (Å²) in [4.78, 5) is 15.8. The summed E-state index contributed by atoms with van der Waals surface area (Å²) in [7, 11) is 3.89. The Kier molecular flexibility index (Phi) is 4.49. The van der Waals surface area contributed by atoms with Crippen molar-refractivity contribution in [2.45, 2.75) is 0 Å². The monoisotopic (exact) mass is 280 g/mol. The van der Waals surface area contributed by atoms with E-state index in [0.717, 1.165) is 37.9 Å². The molecule has 0 radical (unpaired) electrons. The first-order valence-corrected chi connectivity index (χ1v) is 6.73. The van der Waals surface area contributed by atoms with Crippen molar-refractivity contribution >= 4 is 29.0 Å². The number of thiocarbonyl (C=S) groups is 1. The largest absolute Gasteiger partial charge is 0.392 e. The number of piperazine rings is 1. The zero-order chi connectivity index (χ0) is 13.8. The molecule has 7 heteroatoms. The van der Waals surface area contributed by atoms with E-state index in [4.69, 9.17) is 18.0 Å². The van der Waals surface area contributed by atoms with Gasteiger partial charge in [-0.05, 0) is 6.07 Å². The summed E-state index contributed by atoms with van der Waals surface area (Å²) >= 11 is 4.94. The SMILES string of the molecule is CN(C)c1nccc(N2CCN(CC(N)=S)CC2)n1. The van der Waals surface area contributed by atoms with Crippen molar-refractivity contribution in [2.24, 2.45) is 5.73 Å². The molecule has 1 aliphatic heterocycles. The van der Waals surface area contributed by atoms with E-state index in [9.17, 15) is 0 Å². The highest BCUT2D eigenvalue weighted by Crippen LogP contribution is 2.15. The van der Waals surface area contributed by atoms with Crippen molar-refractivity contribution < 1.29 is 0 Å². The van der Waals surface area contributed by atoms with Crippen molar-refractivity contribution in [3.05, 3.63) is 12.3 Å². The van der Waals surface area contributed by atoms with Crippen molar-refractivity contribution in [1.82, 2.24) is 14.9 Å². The van der Waals surface area contributed by atoms with Crippen LogP contribution in [0.3, 0.4) is 0 Å². The standard InChI is InChI=1S/C12H20N6S/c1-16(2)12-14-4-3-11(15-12)18-7-5-17(6-8-18)9-10(13)19/h3-4H,5-9H2,1-2H3,(H2,13,19). The summed E-state index contributed by atoms with van der Waals surface area (Å²) in [5, 5.41) is 0. The summed E-state index contributed by atoms with van der Waals surface area (Å²) in [5.41, 5.74) is 5.57. The van der Waals surface area contributed by atoms with Crippen LogP contribution in [0.4, 0.5) is 11.8 Å². The van der Waals surface area contributed by atoms with Crippen LogP contribution in [-0.2, 0) is 0 Å². The molecule has 1 fully saturated rings. The molecule has 19 heavy (non-hydrogen) atoms. The third-order valence-electron chi connectivity index (χ3n) is 3.10. The smallest absolute Gasteiger partial charge is 0.226 e. The molecular weight excluding hydrogens is 260 g/mol. The molecule has 0 amide bonds. The van der Waals surface area contributed by atoms with Gasteiger partial charge in [-0.1, -0.05) is 12.2 Å². The minimum Gasteiger partial charge on any atom is -0.392 e. The van der Waals surface area contributed by atoms with Crippen LogP contribution < -0.4 is 15.5 Å². The molecule has 0 atom stereocenters. The number of nitrogens with zero attached hydrogens (tertiary/aromatic N) is 5. The van der Waals surface area contributed by atoms with E-state index in [1.54, 1.807) is 6.20 Å². The van der Waals surface area contributed by atoms with Gasteiger partial charge in [0.1, 0.15) is 5.82 Å². The average molecular weight is 280 g/mol. The van der Waals surface area contributed by atoms with Gasteiger partial charge in [0, 0.05) is 53.0 Å². The van der Waals surface area contributed by atoms with E-state index in [2.05, 4.69) is 19.8 Å². The topological polar surface area (TPSA) is 61.5 Å². The Hall–Kier alpha value is -1.47. The molecule has 2 heterocycles. The third-order valence-corrected chi connectivity index (χ3v) is 3.23. The number of nitrogens with two attached hydrogens (primary N) is 1. The van der Waals surface area contributed by atoms with Crippen molar-refractivity contribution in [3.8, 4) is 0 Å². The van der Waals surface area contributed by atoms with Gasteiger partial charge >= 0.3 is 0 Å². The molecule has 2 N–H and O–H groups in total. The highest BCUT2D eigenvalue weighted by molar-refractivity contribution is 7.80. The number of hydrogen-bond donors (Lipinski definition) is 1. The minimum atomic E-state index is 0.561. The first-order valence-electron chi connectivity index (χ1n) is 6.32. The van der Waals surface area contributed by atoms with Gasteiger partial charge in [0.25, 0.3) is 0 Å². The Morgan fingerprint density at radius 2 is 2.05 bits per heavy atom. The van der Waals surface area contributed by atoms with Crippen LogP contribution in [0, 0.1) is 0 Å². The maximum absolute atomic E-state index is 5.57.